The van der Waals surface area contributed by atoms with E-state index in [1.165, 1.54) is 0 Å². The van der Waals surface area contributed by atoms with E-state index in [2.05, 4.69) is 21.2 Å². The van der Waals surface area contributed by atoms with Crippen molar-refractivity contribution in [2.24, 2.45) is 0 Å². The number of nitro groups is 2. The number of benzene rings is 1. The van der Waals surface area contributed by atoms with E-state index in [1.54, 1.807) is 0 Å². The molecule has 0 bridgehead atoms. The van der Waals surface area contributed by atoms with Crippen molar-refractivity contribution in [1.29, 1.82) is 0 Å². The normalized spacial score (nSPS) is 13.9. The number of nitro benzene ring substituents is 2. The molecule has 0 heterocycles. The van der Waals surface area contributed by atoms with Crippen LogP contribution in [-0.2, 0) is 0 Å². The monoisotopic (exact) mass is 329 g/mol. The third-order valence-corrected chi connectivity index (χ3v) is 3.27. The van der Waals surface area contributed by atoms with Gasteiger partial charge in [0.2, 0.25) is 0 Å². The lowest BCUT2D eigenvalue weighted by Gasteiger charge is -2.05. The fourth-order valence-electron chi connectivity index (χ4n) is 1.51. The van der Waals surface area contributed by atoms with Crippen LogP contribution in [0.1, 0.15) is 23.2 Å². The van der Waals surface area contributed by atoms with Crippen LogP contribution in [0.5, 0.6) is 0 Å². The fraction of sp³-hybridized carbons (Fsp3) is 0.300. The zero-order chi connectivity index (χ0) is 14.2. The SMILES string of the molecule is O=C(NC1CC1)c1cc([N+](=O)[O-])c([N+](=O)[O-])cc1Br. The Labute approximate surface area is 115 Å². The molecule has 1 aliphatic rings. The molecule has 0 radical (unpaired) electrons. The van der Waals surface area contributed by atoms with E-state index in [0.29, 0.717) is 0 Å². The molecule has 1 saturated carbocycles. The molecule has 9 heteroatoms. The van der Waals surface area contributed by atoms with Crippen molar-refractivity contribution in [3.8, 4) is 0 Å². The molecular formula is C10H8BrN3O5. The van der Waals surface area contributed by atoms with Crippen molar-refractivity contribution >= 4 is 33.2 Å². The molecule has 1 aromatic rings. The number of rotatable bonds is 4. The third kappa shape index (κ3) is 2.87. The average molecular weight is 330 g/mol. The standard InChI is InChI=1S/C10H8BrN3O5/c11-7-4-9(14(18)19)8(13(16)17)3-6(7)10(15)12-5-1-2-5/h3-5H,1-2H2,(H,12,15). The quantitative estimate of drug-likeness (QED) is 0.671. The van der Waals surface area contributed by atoms with Gasteiger partial charge in [-0.15, -0.1) is 0 Å². The van der Waals surface area contributed by atoms with Crippen molar-refractivity contribution in [2.75, 3.05) is 0 Å². The molecule has 1 N–H and O–H groups in total. The van der Waals surface area contributed by atoms with E-state index >= 15 is 0 Å². The number of carbonyl (C=O) groups excluding carboxylic acids is 1. The molecule has 0 spiro atoms. The van der Waals surface area contributed by atoms with Gasteiger partial charge in [-0.2, -0.15) is 0 Å². The Kier molecular flexibility index (Phi) is 3.47. The van der Waals surface area contributed by atoms with Gasteiger partial charge in [-0.05, 0) is 28.8 Å². The molecule has 1 fully saturated rings. The molecule has 1 aromatic carbocycles. The molecule has 0 saturated heterocycles. The summed E-state index contributed by atoms with van der Waals surface area (Å²) in [5.41, 5.74) is -1.34. The first-order chi connectivity index (χ1) is 8.90. The van der Waals surface area contributed by atoms with E-state index in [9.17, 15) is 25.0 Å². The maximum absolute atomic E-state index is 11.8. The molecule has 1 amide bonds. The summed E-state index contributed by atoms with van der Waals surface area (Å²) in [4.78, 5) is 31.6. The van der Waals surface area contributed by atoms with Gasteiger partial charge < -0.3 is 5.32 Å². The largest absolute Gasteiger partial charge is 0.349 e. The predicted molar refractivity (Wildman–Crippen MR) is 67.9 cm³/mol. The lowest BCUT2D eigenvalue weighted by molar-refractivity contribution is -0.422. The van der Waals surface area contributed by atoms with Gasteiger partial charge in [0.05, 0.1) is 15.4 Å². The summed E-state index contributed by atoms with van der Waals surface area (Å²) in [6, 6.07) is 1.98. The summed E-state index contributed by atoms with van der Waals surface area (Å²) in [5.74, 6) is -0.479. The van der Waals surface area contributed by atoms with Gasteiger partial charge in [-0.25, -0.2) is 0 Å². The average Bonchev–Trinajstić information content (AvgIpc) is 3.11. The Hall–Kier alpha value is -2.03. The van der Waals surface area contributed by atoms with E-state index in [1.807, 2.05) is 0 Å². The highest BCUT2D eigenvalue weighted by atomic mass is 79.9. The summed E-state index contributed by atoms with van der Waals surface area (Å²) in [7, 11) is 0. The maximum Gasteiger partial charge on any atom is 0.347 e. The van der Waals surface area contributed by atoms with Crippen LogP contribution in [0, 0.1) is 20.2 Å². The molecule has 0 atom stereocenters. The maximum atomic E-state index is 11.8. The lowest BCUT2D eigenvalue weighted by atomic mass is 10.1. The van der Waals surface area contributed by atoms with E-state index < -0.39 is 27.1 Å². The number of hydrogen-bond acceptors (Lipinski definition) is 5. The molecule has 1 aliphatic carbocycles. The summed E-state index contributed by atoms with van der Waals surface area (Å²) in [6.45, 7) is 0. The van der Waals surface area contributed by atoms with Gasteiger partial charge in [0, 0.05) is 22.6 Å². The van der Waals surface area contributed by atoms with Gasteiger partial charge in [0.25, 0.3) is 5.91 Å². The Morgan fingerprint density at radius 2 is 1.74 bits per heavy atom. The molecule has 2 rings (SSSR count). The van der Waals surface area contributed by atoms with Crippen LogP contribution in [0.3, 0.4) is 0 Å². The zero-order valence-electron chi connectivity index (χ0n) is 9.46. The van der Waals surface area contributed by atoms with Crippen molar-refractivity contribution < 1.29 is 14.6 Å². The zero-order valence-corrected chi connectivity index (χ0v) is 11.0. The highest BCUT2D eigenvalue weighted by molar-refractivity contribution is 9.10. The highest BCUT2D eigenvalue weighted by Crippen LogP contribution is 2.33. The minimum absolute atomic E-state index is 0.0178. The van der Waals surface area contributed by atoms with Crippen molar-refractivity contribution in [3.63, 3.8) is 0 Å². The Morgan fingerprint density at radius 3 is 2.21 bits per heavy atom. The first-order valence-electron chi connectivity index (χ1n) is 5.33. The van der Waals surface area contributed by atoms with Crippen molar-refractivity contribution in [1.82, 2.24) is 5.32 Å². The second kappa shape index (κ2) is 4.92. The van der Waals surface area contributed by atoms with Gasteiger partial charge in [-0.3, -0.25) is 25.0 Å². The molecule has 0 aromatic heterocycles. The minimum atomic E-state index is -0.877. The van der Waals surface area contributed by atoms with Crippen LogP contribution in [0.15, 0.2) is 16.6 Å². The number of hydrogen-bond donors (Lipinski definition) is 1. The first kappa shape index (κ1) is 13.4. The predicted octanol–water partition coefficient (Wildman–Crippen LogP) is 2.16. The second-order valence-electron chi connectivity index (χ2n) is 4.08. The summed E-state index contributed by atoms with van der Waals surface area (Å²) in [5, 5.41) is 24.2. The Bertz CT molecular complexity index is 585. The molecule has 19 heavy (non-hydrogen) atoms. The third-order valence-electron chi connectivity index (χ3n) is 2.61. The van der Waals surface area contributed by atoms with Crippen molar-refractivity contribution in [3.05, 3.63) is 42.4 Å². The van der Waals surface area contributed by atoms with Crippen LogP contribution in [0.25, 0.3) is 0 Å². The number of nitrogens with zero attached hydrogens (tertiary/aromatic N) is 2. The van der Waals surface area contributed by atoms with Gasteiger partial charge >= 0.3 is 11.4 Å². The van der Waals surface area contributed by atoms with E-state index in [0.717, 1.165) is 25.0 Å². The molecule has 100 valence electrons. The molecule has 0 aliphatic heterocycles. The summed E-state index contributed by atoms with van der Waals surface area (Å²) in [6.07, 6.45) is 1.75. The van der Waals surface area contributed by atoms with Crippen LogP contribution in [0.4, 0.5) is 11.4 Å². The first-order valence-corrected chi connectivity index (χ1v) is 6.12. The number of carbonyl (C=O) groups is 1. The van der Waals surface area contributed by atoms with E-state index in [-0.39, 0.29) is 16.1 Å². The topological polar surface area (TPSA) is 115 Å². The highest BCUT2D eigenvalue weighted by Gasteiger charge is 2.30. The molecule has 0 unspecified atom stereocenters. The van der Waals surface area contributed by atoms with Gasteiger partial charge in [0.1, 0.15) is 0 Å². The lowest BCUT2D eigenvalue weighted by Crippen LogP contribution is -2.25. The number of amides is 1. The Balaban J connectivity index is 2.44. The van der Waals surface area contributed by atoms with Crippen LogP contribution >= 0.6 is 15.9 Å². The number of nitrogens with one attached hydrogen (secondary N) is 1. The fourth-order valence-corrected chi connectivity index (χ4v) is 2.02. The second-order valence-corrected chi connectivity index (χ2v) is 4.94. The Morgan fingerprint density at radius 1 is 1.21 bits per heavy atom. The smallest absolute Gasteiger partial charge is 0.347 e. The van der Waals surface area contributed by atoms with E-state index in [4.69, 9.17) is 0 Å². The van der Waals surface area contributed by atoms with Crippen LogP contribution < -0.4 is 5.32 Å². The summed E-state index contributed by atoms with van der Waals surface area (Å²) >= 11 is 3.02. The van der Waals surface area contributed by atoms with Crippen LogP contribution in [-0.4, -0.2) is 21.8 Å². The van der Waals surface area contributed by atoms with Crippen LogP contribution in [0.2, 0.25) is 0 Å². The van der Waals surface area contributed by atoms with Gasteiger partial charge in [0.15, 0.2) is 0 Å². The summed E-state index contributed by atoms with van der Waals surface area (Å²) < 4.78 is 0.156. The minimum Gasteiger partial charge on any atom is -0.349 e. The van der Waals surface area contributed by atoms with Gasteiger partial charge in [-0.1, -0.05) is 0 Å². The van der Waals surface area contributed by atoms with Crippen molar-refractivity contribution in [2.45, 2.75) is 18.9 Å². The molecule has 8 nitrogen and oxygen atoms in total. The number of halogens is 1. The molecular weight excluding hydrogens is 322 g/mol.